The SMILES string of the molecule is NCc1cc(-c2ccc(F)cc2)ncc1O. The molecule has 2 rings (SSSR count). The van der Waals surface area contributed by atoms with E-state index in [2.05, 4.69) is 4.98 Å². The van der Waals surface area contributed by atoms with Gasteiger partial charge in [-0.15, -0.1) is 0 Å². The lowest BCUT2D eigenvalue weighted by molar-refractivity contribution is 0.466. The highest BCUT2D eigenvalue weighted by atomic mass is 19.1. The first-order valence-electron chi connectivity index (χ1n) is 4.84. The van der Waals surface area contributed by atoms with Crippen LogP contribution in [-0.4, -0.2) is 10.1 Å². The maximum absolute atomic E-state index is 12.7. The molecule has 0 saturated carbocycles. The third-order valence-electron chi connectivity index (χ3n) is 2.33. The number of nitrogens with two attached hydrogens (primary N) is 1. The molecule has 0 saturated heterocycles. The Bertz CT molecular complexity index is 497. The van der Waals surface area contributed by atoms with Crippen LogP contribution in [0.2, 0.25) is 0 Å². The summed E-state index contributed by atoms with van der Waals surface area (Å²) in [6.45, 7) is 0.239. The van der Waals surface area contributed by atoms with Gasteiger partial charge in [0.25, 0.3) is 0 Å². The molecule has 0 unspecified atom stereocenters. The molecule has 1 heterocycles. The van der Waals surface area contributed by atoms with Gasteiger partial charge in [-0.2, -0.15) is 0 Å². The topological polar surface area (TPSA) is 59.1 Å². The van der Waals surface area contributed by atoms with E-state index in [0.29, 0.717) is 11.3 Å². The third-order valence-corrected chi connectivity index (χ3v) is 2.33. The van der Waals surface area contributed by atoms with E-state index >= 15 is 0 Å². The smallest absolute Gasteiger partial charge is 0.138 e. The number of hydrogen-bond acceptors (Lipinski definition) is 3. The van der Waals surface area contributed by atoms with Crippen LogP contribution in [0.5, 0.6) is 5.75 Å². The summed E-state index contributed by atoms with van der Waals surface area (Å²) in [5.41, 5.74) is 7.55. The van der Waals surface area contributed by atoms with Crippen molar-refractivity contribution in [3.05, 3.63) is 47.9 Å². The minimum Gasteiger partial charge on any atom is -0.506 e. The zero-order valence-corrected chi connectivity index (χ0v) is 8.52. The van der Waals surface area contributed by atoms with E-state index in [1.807, 2.05) is 0 Å². The first-order valence-corrected chi connectivity index (χ1v) is 4.84. The molecule has 16 heavy (non-hydrogen) atoms. The van der Waals surface area contributed by atoms with Crippen LogP contribution >= 0.6 is 0 Å². The van der Waals surface area contributed by atoms with Gasteiger partial charge in [0, 0.05) is 17.7 Å². The average molecular weight is 218 g/mol. The summed E-state index contributed by atoms with van der Waals surface area (Å²) in [5, 5.41) is 9.42. The Morgan fingerprint density at radius 3 is 2.56 bits per heavy atom. The van der Waals surface area contributed by atoms with Gasteiger partial charge in [-0.25, -0.2) is 4.39 Å². The zero-order chi connectivity index (χ0) is 11.5. The third kappa shape index (κ3) is 2.01. The lowest BCUT2D eigenvalue weighted by atomic mass is 10.1. The highest BCUT2D eigenvalue weighted by Gasteiger charge is 2.04. The Labute approximate surface area is 92.4 Å². The summed E-state index contributed by atoms with van der Waals surface area (Å²) in [7, 11) is 0. The lowest BCUT2D eigenvalue weighted by Crippen LogP contribution is -1.98. The number of rotatable bonds is 2. The van der Waals surface area contributed by atoms with Crippen molar-refractivity contribution in [3.8, 4) is 17.0 Å². The zero-order valence-electron chi connectivity index (χ0n) is 8.52. The van der Waals surface area contributed by atoms with Crippen LogP contribution in [0.15, 0.2) is 36.5 Å². The van der Waals surface area contributed by atoms with Crippen molar-refractivity contribution in [1.82, 2.24) is 4.98 Å². The average Bonchev–Trinajstić information content (AvgIpc) is 2.31. The molecule has 0 radical (unpaired) electrons. The van der Waals surface area contributed by atoms with E-state index in [-0.39, 0.29) is 18.1 Å². The van der Waals surface area contributed by atoms with Gasteiger partial charge in [0.05, 0.1) is 11.9 Å². The van der Waals surface area contributed by atoms with E-state index in [0.717, 1.165) is 5.56 Å². The van der Waals surface area contributed by atoms with Crippen molar-refractivity contribution < 1.29 is 9.50 Å². The van der Waals surface area contributed by atoms with E-state index in [1.165, 1.54) is 18.3 Å². The first-order chi connectivity index (χ1) is 7.70. The second-order valence-corrected chi connectivity index (χ2v) is 3.41. The molecular formula is C12H11FN2O. The fourth-order valence-corrected chi connectivity index (χ4v) is 1.43. The summed E-state index contributed by atoms with van der Waals surface area (Å²) < 4.78 is 12.7. The molecule has 3 nitrogen and oxygen atoms in total. The van der Waals surface area contributed by atoms with E-state index in [1.54, 1.807) is 18.2 Å². The van der Waals surface area contributed by atoms with Gasteiger partial charge in [0.2, 0.25) is 0 Å². The molecule has 0 atom stereocenters. The van der Waals surface area contributed by atoms with Crippen molar-refractivity contribution in [2.75, 3.05) is 0 Å². The Morgan fingerprint density at radius 2 is 1.94 bits per heavy atom. The highest BCUT2D eigenvalue weighted by Crippen LogP contribution is 2.23. The molecule has 0 aliphatic heterocycles. The number of halogens is 1. The summed E-state index contributed by atoms with van der Waals surface area (Å²) >= 11 is 0. The molecule has 0 aliphatic rings. The summed E-state index contributed by atoms with van der Waals surface area (Å²) in [4.78, 5) is 4.06. The molecular weight excluding hydrogens is 207 g/mol. The van der Waals surface area contributed by atoms with E-state index in [4.69, 9.17) is 5.73 Å². The number of aromatic hydroxyl groups is 1. The first kappa shape index (κ1) is 10.6. The summed E-state index contributed by atoms with van der Waals surface area (Å²) in [5.74, 6) is -0.213. The molecule has 0 bridgehead atoms. The Hall–Kier alpha value is -1.94. The van der Waals surface area contributed by atoms with Gasteiger partial charge in [-0.1, -0.05) is 0 Å². The molecule has 2 aromatic rings. The molecule has 0 fully saturated rings. The predicted octanol–water partition coefficient (Wildman–Crippen LogP) is 2.05. The largest absolute Gasteiger partial charge is 0.506 e. The molecule has 4 heteroatoms. The van der Waals surface area contributed by atoms with Crippen molar-refractivity contribution in [3.63, 3.8) is 0 Å². The van der Waals surface area contributed by atoms with Gasteiger partial charge in [-0.05, 0) is 30.3 Å². The second-order valence-electron chi connectivity index (χ2n) is 3.41. The standard InChI is InChI=1S/C12H11FN2O/c13-10-3-1-8(2-4-10)11-5-9(6-14)12(16)7-15-11/h1-5,7,16H,6,14H2. The predicted molar refractivity (Wildman–Crippen MR) is 59.2 cm³/mol. The van der Waals surface area contributed by atoms with Crippen molar-refractivity contribution in [2.45, 2.75) is 6.54 Å². The molecule has 82 valence electrons. The van der Waals surface area contributed by atoms with Crippen molar-refractivity contribution in [2.24, 2.45) is 5.73 Å². The Morgan fingerprint density at radius 1 is 1.25 bits per heavy atom. The van der Waals surface area contributed by atoms with Gasteiger partial charge < -0.3 is 10.8 Å². The highest BCUT2D eigenvalue weighted by molar-refractivity contribution is 5.60. The fraction of sp³-hybridized carbons (Fsp3) is 0.0833. The van der Waals surface area contributed by atoms with Crippen LogP contribution in [0.3, 0.4) is 0 Å². The quantitative estimate of drug-likeness (QED) is 0.811. The molecule has 1 aromatic heterocycles. The number of nitrogens with zero attached hydrogens (tertiary/aromatic N) is 1. The maximum atomic E-state index is 12.7. The second kappa shape index (κ2) is 4.28. The monoisotopic (exact) mass is 218 g/mol. The maximum Gasteiger partial charge on any atom is 0.138 e. The number of benzene rings is 1. The van der Waals surface area contributed by atoms with Crippen LogP contribution in [0.1, 0.15) is 5.56 Å². The Kier molecular flexibility index (Phi) is 2.83. The van der Waals surface area contributed by atoms with Gasteiger partial charge in [-0.3, -0.25) is 4.98 Å². The summed E-state index contributed by atoms with van der Waals surface area (Å²) in [6, 6.07) is 7.70. The number of hydrogen-bond donors (Lipinski definition) is 2. The van der Waals surface area contributed by atoms with Crippen LogP contribution < -0.4 is 5.73 Å². The van der Waals surface area contributed by atoms with Gasteiger partial charge >= 0.3 is 0 Å². The minimum atomic E-state index is -0.290. The van der Waals surface area contributed by atoms with Crippen LogP contribution in [0.25, 0.3) is 11.3 Å². The summed E-state index contributed by atoms with van der Waals surface area (Å²) in [6.07, 6.45) is 1.35. The fourth-order valence-electron chi connectivity index (χ4n) is 1.43. The normalized spacial score (nSPS) is 10.4. The van der Waals surface area contributed by atoms with Crippen LogP contribution in [0.4, 0.5) is 4.39 Å². The lowest BCUT2D eigenvalue weighted by Gasteiger charge is -2.05. The van der Waals surface area contributed by atoms with Crippen LogP contribution in [-0.2, 0) is 6.54 Å². The molecule has 0 amide bonds. The molecule has 0 aliphatic carbocycles. The number of pyridine rings is 1. The molecule has 0 spiro atoms. The van der Waals surface area contributed by atoms with E-state index in [9.17, 15) is 9.50 Å². The van der Waals surface area contributed by atoms with E-state index < -0.39 is 0 Å². The number of aromatic nitrogens is 1. The van der Waals surface area contributed by atoms with Gasteiger partial charge in [0.1, 0.15) is 11.6 Å². The van der Waals surface area contributed by atoms with Crippen LogP contribution in [0, 0.1) is 5.82 Å². The van der Waals surface area contributed by atoms with Gasteiger partial charge in [0.15, 0.2) is 0 Å². The van der Waals surface area contributed by atoms with Crippen molar-refractivity contribution >= 4 is 0 Å². The minimum absolute atomic E-state index is 0.0772. The Balaban J connectivity index is 2.44. The molecule has 1 aromatic carbocycles. The molecule has 3 N–H and O–H groups in total. The van der Waals surface area contributed by atoms with Crippen molar-refractivity contribution in [1.29, 1.82) is 0 Å².